The number of nitrogens with two attached hydrogens (primary N) is 1. The maximum absolute atomic E-state index is 6.12. The largest absolute Gasteiger partial charge is 0.484 e. The van der Waals surface area contributed by atoms with Crippen molar-refractivity contribution in [3.05, 3.63) is 64.2 Å². The van der Waals surface area contributed by atoms with Crippen LogP contribution in [0.15, 0.2) is 42.5 Å². The first kappa shape index (κ1) is 14.9. The standard InChI is InChI=1S/C17H20ClNO/c1-11-7-8-16(12(2)9-11)20-17(13(3)19)14-5-4-6-15(18)10-14/h4-10,13,17H,19H2,1-3H3. The summed E-state index contributed by atoms with van der Waals surface area (Å²) in [5.41, 5.74) is 9.40. The summed E-state index contributed by atoms with van der Waals surface area (Å²) in [7, 11) is 0. The van der Waals surface area contributed by atoms with Gasteiger partial charge in [-0.3, -0.25) is 0 Å². The molecule has 0 bridgehead atoms. The van der Waals surface area contributed by atoms with Crippen LogP contribution in [0, 0.1) is 13.8 Å². The van der Waals surface area contributed by atoms with E-state index in [1.54, 1.807) is 0 Å². The Kier molecular flexibility index (Phi) is 4.69. The third-order valence-electron chi connectivity index (χ3n) is 3.24. The fraction of sp³-hybridized carbons (Fsp3) is 0.294. The van der Waals surface area contributed by atoms with Crippen LogP contribution in [0.1, 0.15) is 29.7 Å². The Balaban J connectivity index is 2.30. The fourth-order valence-electron chi connectivity index (χ4n) is 2.23. The van der Waals surface area contributed by atoms with E-state index in [1.165, 1.54) is 5.56 Å². The van der Waals surface area contributed by atoms with E-state index in [1.807, 2.05) is 50.2 Å². The summed E-state index contributed by atoms with van der Waals surface area (Å²) >= 11 is 6.05. The Morgan fingerprint density at radius 3 is 2.45 bits per heavy atom. The molecule has 0 fully saturated rings. The van der Waals surface area contributed by atoms with Gasteiger partial charge in [-0.15, -0.1) is 0 Å². The van der Waals surface area contributed by atoms with Crippen molar-refractivity contribution in [2.24, 2.45) is 5.73 Å². The van der Waals surface area contributed by atoms with Crippen molar-refractivity contribution in [2.75, 3.05) is 0 Å². The number of benzene rings is 2. The highest BCUT2D eigenvalue weighted by molar-refractivity contribution is 6.30. The number of ether oxygens (including phenoxy) is 1. The van der Waals surface area contributed by atoms with E-state index in [2.05, 4.69) is 13.0 Å². The van der Waals surface area contributed by atoms with Crippen molar-refractivity contribution in [1.82, 2.24) is 0 Å². The average Bonchev–Trinajstić information content (AvgIpc) is 2.37. The number of hydrogen-bond acceptors (Lipinski definition) is 2. The molecular weight excluding hydrogens is 270 g/mol. The zero-order chi connectivity index (χ0) is 14.7. The molecule has 0 aliphatic heterocycles. The molecule has 2 aromatic rings. The minimum atomic E-state index is -0.213. The van der Waals surface area contributed by atoms with Crippen molar-refractivity contribution < 1.29 is 4.74 Å². The van der Waals surface area contributed by atoms with Crippen molar-refractivity contribution in [3.63, 3.8) is 0 Å². The van der Waals surface area contributed by atoms with Gasteiger partial charge in [-0.2, -0.15) is 0 Å². The minimum absolute atomic E-state index is 0.130. The zero-order valence-corrected chi connectivity index (χ0v) is 12.8. The molecule has 0 aromatic heterocycles. The molecule has 0 heterocycles. The van der Waals surface area contributed by atoms with Gasteiger partial charge in [0.25, 0.3) is 0 Å². The molecule has 0 aliphatic rings. The molecule has 0 saturated heterocycles. The van der Waals surface area contributed by atoms with Crippen molar-refractivity contribution in [3.8, 4) is 5.75 Å². The van der Waals surface area contributed by atoms with Gasteiger partial charge in [0.1, 0.15) is 11.9 Å². The Hall–Kier alpha value is -1.51. The molecule has 0 aliphatic carbocycles. The monoisotopic (exact) mass is 289 g/mol. The molecule has 2 nitrogen and oxygen atoms in total. The van der Waals surface area contributed by atoms with Crippen LogP contribution in [0.2, 0.25) is 5.02 Å². The van der Waals surface area contributed by atoms with E-state index in [0.29, 0.717) is 5.02 Å². The predicted octanol–water partition coefficient (Wildman–Crippen LogP) is 4.42. The van der Waals surface area contributed by atoms with Gasteiger partial charge in [-0.05, 0) is 50.1 Å². The van der Waals surface area contributed by atoms with Crippen molar-refractivity contribution in [1.29, 1.82) is 0 Å². The maximum Gasteiger partial charge on any atom is 0.139 e. The quantitative estimate of drug-likeness (QED) is 0.904. The van der Waals surface area contributed by atoms with E-state index in [4.69, 9.17) is 22.1 Å². The van der Waals surface area contributed by atoms with E-state index in [-0.39, 0.29) is 12.1 Å². The second-order valence-corrected chi connectivity index (χ2v) is 5.66. The van der Waals surface area contributed by atoms with Crippen LogP contribution in [-0.4, -0.2) is 6.04 Å². The average molecular weight is 290 g/mol. The second-order valence-electron chi connectivity index (χ2n) is 5.22. The number of rotatable bonds is 4. The summed E-state index contributed by atoms with van der Waals surface area (Å²) in [4.78, 5) is 0. The highest BCUT2D eigenvalue weighted by Gasteiger charge is 2.19. The normalized spacial score (nSPS) is 13.8. The number of halogens is 1. The third kappa shape index (κ3) is 3.53. The molecule has 0 spiro atoms. The lowest BCUT2D eigenvalue weighted by molar-refractivity contribution is 0.179. The number of aryl methyl sites for hydroxylation is 2. The van der Waals surface area contributed by atoms with Crippen LogP contribution in [-0.2, 0) is 0 Å². The molecule has 2 atom stereocenters. The van der Waals surface area contributed by atoms with E-state index < -0.39 is 0 Å². The van der Waals surface area contributed by atoms with Gasteiger partial charge in [0.2, 0.25) is 0 Å². The molecule has 0 saturated carbocycles. The first-order valence-electron chi connectivity index (χ1n) is 6.72. The topological polar surface area (TPSA) is 35.2 Å². The minimum Gasteiger partial charge on any atom is -0.484 e. The van der Waals surface area contributed by atoms with Crippen molar-refractivity contribution in [2.45, 2.75) is 32.9 Å². The highest BCUT2D eigenvalue weighted by Crippen LogP contribution is 2.28. The van der Waals surface area contributed by atoms with Crippen LogP contribution in [0.4, 0.5) is 0 Å². The lowest BCUT2D eigenvalue weighted by Crippen LogP contribution is -2.29. The van der Waals surface area contributed by atoms with Gasteiger partial charge in [0.05, 0.1) is 0 Å². The van der Waals surface area contributed by atoms with E-state index >= 15 is 0 Å². The predicted molar refractivity (Wildman–Crippen MR) is 84.4 cm³/mol. The van der Waals surface area contributed by atoms with Crippen LogP contribution in [0.25, 0.3) is 0 Å². The lowest BCUT2D eigenvalue weighted by Gasteiger charge is -2.24. The number of hydrogen-bond donors (Lipinski definition) is 1. The Bertz CT molecular complexity index is 595. The van der Waals surface area contributed by atoms with E-state index in [0.717, 1.165) is 16.9 Å². The maximum atomic E-state index is 6.12. The van der Waals surface area contributed by atoms with Gasteiger partial charge in [-0.25, -0.2) is 0 Å². The summed E-state index contributed by atoms with van der Waals surface area (Å²) < 4.78 is 6.12. The van der Waals surface area contributed by atoms with Gasteiger partial charge >= 0.3 is 0 Å². The van der Waals surface area contributed by atoms with Crippen LogP contribution < -0.4 is 10.5 Å². The SMILES string of the molecule is Cc1ccc(OC(c2cccc(Cl)c2)C(C)N)c(C)c1. The summed E-state index contributed by atoms with van der Waals surface area (Å²) in [6.07, 6.45) is -0.213. The summed E-state index contributed by atoms with van der Waals surface area (Å²) in [5.74, 6) is 0.859. The van der Waals surface area contributed by atoms with Gasteiger partial charge in [0.15, 0.2) is 0 Å². The van der Waals surface area contributed by atoms with Gasteiger partial charge < -0.3 is 10.5 Å². The van der Waals surface area contributed by atoms with Crippen LogP contribution in [0.5, 0.6) is 5.75 Å². The van der Waals surface area contributed by atoms with Crippen molar-refractivity contribution >= 4 is 11.6 Å². The molecule has 2 unspecified atom stereocenters. The van der Waals surface area contributed by atoms with Crippen LogP contribution in [0.3, 0.4) is 0 Å². The molecule has 2 N–H and O–H groups in total. The van der Waals surface area contributed by atoms with E-state index in [9.17, 15) is 0 Å². The third-order valence-corrected chi connectivity index (χ3v) is 3.47. The van der Waals surface area contributed by atoms with Gasteiger partial charge in [0, 0.05) is 11.1 Å². The molecule has 106 valence electrons. The Morgan fingerprint density at radius 1 is 1.10 bits per heavy atom. The fourth-order valence-corrected chi connectivity index (χ4v) is 2.43. The second kappa shape index (κ2) is 6.29. The Morgan fingerprint density at radius 2 is 1.85 bits per heavy atom. The molecular formula is C17H20ClNO. The Labute approximate surface area is 125 Å². The van der Waals surface area contributed by atoms with Crippen LogP contribution >= 0.6 is 11.6 Å². The molecule has 2 aromatic carbocycles. The summed E-state index contributed by atoms with van der Waals surface area (Å²) in [6.45, 7) is 6.05. The van der Waals surface area contributed by atoms with Gasteiger partial charge in [-0.1, -0.05) is 41.4 Å². The molecule has 2 rings (SSSR count). The summed E-state index contributed by atoms with van der Waals surface area (Å²) in [5, 5.41) is 0.692. The molecule has 0 radical (unpaired) electrons. The highest BCUT2D eigenvalue weighted by atomic mass is 35.5. The molecule has 0 amide bonds. The first-order chi connectivity index (χ1) is 9.47. The lowest BCUT2D eigenvalue weighted by atomic mass is 10.0. The zero-order valence-electron chi connectivity index (χ0n) is 12.1. The first-order valence-corrected chi connectivity index (χ1v) is 7.10. The molecule has 3 heteroatoms. The molecule has 20 heavy (non-hydrogen) atoms. The smallest absolute Gasteiger partial charge is 0.139 e. The summed E-state index contributed by atoms with van der Waals surface area (Å²) in [6, 6.07) is 13.7.